The van der Waals surface area contributed by atoms with Crippen LogP contribution in [0.25, 0.3) is 0 Å². The molecular weight excluding hydrogens is 439 g/mol. The second-order valence-electron chi connectivity index (χ2n) is 6.05. The molecule has 3 N–H and O–H groups in total. The Bertz CT molecular complexity index is 1110. The summed E-state index contributed by atoms with van der Waals surface area (Å²) in [6.07, 6.45) is -4.58. The Kier molecular flexibility index (Phi) is 6.44. The lowest BCUT2D eigenvalue weighted by Gasteiger charge is -2.15. The molecule has 0 saturated carbocycles. The number of para-hydroxylation sites is 1. The van der Waals surface area contributed by atoms with E-state index in [1.54, 1.807) is 6.07 Å². The van der Waals surface area contributed by atoms with Crippen molar-refractivity contribution in [3.8, 4) is 0 Å². The van der Waals surface area contributed by atoms with Crippen molar-refractivity contribution in [2.45, 2.75) is 17.6 Å². The average molecular weight is 455 g/mol. The fraction of sp³-hybridized carbons (Fsp3) is 0.105. The summed E-state index contributed by atoms with van der Waals surface area (Å²) in [7, 11) is -3.77. The van der Waals surface area contributed by atoms with Crippen LogP contribution in [0.4, 0.5) is 18.9 Å². The molecule has 1 aromatic heterocycles. The van der Waals surface area contributed by atoms with E-state index >= 15 is 0 Å². The van der Waals surface area contributed by atoms with E-state index in [1.807, 2.05) is 11.4 Å². The van der Waals surface area contributed by atoms with Gasteiger partial charge in [0.05, 0.1) is 16.1 Å². The summed E-state index contributed by atoms with van der Waals surface area (Å²) < 4.78 is 66.1. The molecule has 0 unspecified atom stereocenters. The van der Waals surface area contributed by atoms with Crippen LogP contribution in [-0.4, -0.2) is 14.3 Å². The Hall–Kier alpha value is -2.89. The summed E-state index contributed by atoms with van der Waals surface area (Å²) in [4.78, 5) is 13.0. The largest absolute Gasteiger partial charge is 0.418 e. The van der Waals surface area contributed by atoms with Crippen molar-refractivity contribution < 1.29 is 26.4 Å². The van der Waals surface area contributed by atoms with Gasteiger partial charge in [-0.3, -0.25) is 15.6 Å². The average Bonchev–Trinajstić information content (AvgIpc) is 3.24. The summed E-state index contributed by atoms with van der Waals surface area (Å²) in [5.41, 5.74) is 3.26. The van der Waals surface area contributed by atoms with Crippen LogP contribution in [-0.2, 0) is 22.7 Å². The van der Waals surface area contributed by atoms with Gasteiger partial charge in [-0.1, -0.05) is 18.2 Å². The fourth-order valence-electron chi connectivity index (χ4n) is 2.48. The minimum atomic E-state index is -4.58. The topological polar surface area (TPSA) is 87.3 Å². The van der Waals surface area contributed by atoms with Gasteiger partial charge >= 0.3 is 6.18 Å². The minimum Gasteiger partial charge on any atom is -0.298 e. The Morgan fingerprint density at radius 3 is 2.30 bits per heavy atom. The Labute approximate surface area is 174 Å². The van der Waals surface area contributed by atoms with Crippen molar-refractivity contribution in [2.24, 2.45) is 0 Å². The van der Waals surface area contributed by atoms with Crippen molar-refractivity contribution in [3.63, 3.8) is 0 Å². The molecule has 0 atom stereocenters. The first kappa shape index (κ1) is 21.8. The molecule has 0 radical (unpaired) electrons. The van der Waals surface area contributed by atoms with Crippen LogP contribution in [0.5, 0.6) is 0 Å². The number of halogens is 3. The Balaban J connectivity index is 1.64. The van der Waals surface area contributed by atoms with Gasteiger partial charge in [-0.2, -0.15) is 13.2 Å². The maximum absolute atomic E-state index is 13.0. The van der Waals surface area contributed by atoms with Gasteiger partial charge in [0.25, 0.3) is 5.91 Å². The van der Waals surface area contributed by atoms with Crippen LogP contribution >= 0.6 is 11.3 Å². The zero-order chi connectivity index (χ0) is 21.8. The number of hydrazine groups is 1. The summed E-state index contributed by atoms with van der Waals surface area (Å²) in [5, 5.41) is 1.83. The maximum atomic E-state index is 13.0. The number of alkyl halides is 3. The van der Waals surface area contributed by atoms with Crippen molar-refractivity contribution in [2.75, 3.05) is 5.43 Å². The lowest BCUT2D eigenvalue weighted by molar-refractivity contribution is -0.137. The number of thiophene rings is 1. The van der Waals surface area contributed by atoms with E-state index in [2.05, 4.69) is 15.6 Å². The van der Waals surface area contributed by atoms with E-state index in [1.165, 1.54) is 53.8 Å². The van der Waals surface area contributed by atoms with Crippen LogP contribution in [0.3, 0.4) is 0 Å². The molecule has 1 amide bonds. The SMILES string of the molecule is O=C(NNc1ccccc1C(F)(F)F)c1ccc(S(=O)(=O)NCc2cccs2)cc1. The maximum Gasteiger partial charge on any atom is 0.418 e. The third-order valence-electron chi connectivity index (χ3n) is 3.99. The molecule has 0 aliphatic heterocycles. The van der Waals surface area contributed by atoms with Crippen molar-refractivity contribution >= 4 is 33.0 Å². The van der Waals surface area contributed by atoms with Gasteiger partial charge in [0.15, 0.2) is 0 Å². The third-order valence-corrected chi connectivity index (χ3v) is 6.28. The molecule has 0 aliphatic carbocycles. The fourth-order valence-corrected chi connectivity index (χ4v) is 4.23. The molecule has 1 heterocycles. The van der Waals surface area contributed by atoms with Crippen molar-refractivity contribution in [3.05, 3.63) is 82.0 Å². The summed E-state index contributed by atoms with van der Waals surface area (Å²) in [5.74, 6) is -0.720. The number of hydrogen-bond donors (Lipinski definition) is 3. The number of carbonyl (C=O) groups excluding carboxylic acids is 1. The quantitative estimate of drug-likeness (QED) is 0.470. The van der Waals surface area contributed by atoms with E-state index in [4.69, 9.17) is 0 Å². The summed E-state index contributed by atoms with van der Waals surface area (Å²) in [6.45, 7) is 0.144. The van der Waals surface area contributed by atoms with Crippen LogP contribution in [0.15, 0.2) is 70.9 Å². The van der Waals surface area contributed by atoms with Gasteiger partial charge in [0.2, 0.25) is 10.0 Å². The molecule has 0 spiro atoms. The highest BCUT2D eigenvalue weighted by atomic mass is 32.2. The molecule has 30 heavy (non-hydrogen) atoms. The van der Waals surface area contributed by atoms with Gasteiger partial charge in [0, 0.05) is 17.0 Å². The monoisotopic (exact) mass is 455 g/mol. The molecule has 0 fully saturated rings. The van der Waals surface area contributed by atoms with Gasteiger partial charge in [0.1, 0.15) is 0 Å². The standard InChI is InChI=1S/C19H16F3N3O3S2/c20-19(21,22)16-5-1-2-6-17(16)24-25-18(26)13-7-9-15(10-8-13)30(27,28)23-12-14-4-3-11-29-14/h1-11,23-24H,12H2,(H,25,26). The van der Waals surface area contributed by atoms with Gasteiger partial charge in [-0.25, -0.2) is 13.1 Å². The zero-order valence-corrected chi connectivity index (χ0v) is 16.9. The molecule has 2 aromatic carbocycles. The summed E-state index contributed by atoms with van der Waals surface area (Å²) in [6, 6.07) is 13.3. The molecule has 6 nitrogen and oxygen atoms in total. The van der Waals surface area contributed by atoms with Crippen LogP contribution in [0, 0.1) is 0 Å². The number of carbonyl (C=O) groups is 1. The van der Waals surface area contributed by atoms with Crippen LogP contribution in [0.2, 0.25) is 0 Å². The number of amides is 1. The molecular formula is C19H16F3N3O3S2. The molecule has 3 rings (SSSR count). The Morgan fingerprint density at radius 1 is 0.967 bits per heavy atom. The van der Waals surface area contributed by atoms with Gasteiger partial charge in [-0.05, 0) is 47.8 Å². The molecule has 0 aliphatic rings. The molecule has 3 aromatic rings. The predicted octanol–water partition coefficient (Wildman–Crippen LogP) is 4.00. The lowest BCUT2D eigenvalue weighted by atomic mass is 10.2. The highest BCUT2D eigenvalue weighted by Gasteiger charge is 2.33. The van der Waals surface area contributed by atoms with Crippen molar-refractivity contribution in [1.82, 2.24) is 10.1 Å². The third kappa shape index (κ3) is 5.38. The molecule has 158 valence electrons. The summed E-state index contributed by atoms with van der Waals surface area (Å²) >= 11 is 1.41. The first-order valence-electron chi connectivity index (χ1n) is 8.51. The van der Waals surface area contributed by atoms with Crippen LogP contribution in [0.1, 0.15) is 20.8 Å². The van der Waals surface area contributed by atoms with E-state index in [0.717, 1.165) is 10.9 Å². The smallest absolute Gasteiger partial charge is 0.298 e. The molecule has 11 heteroatoms. The highest BCUT2D eigenvalue weighted by molar-refractivity contribution is 7.89. The Morgan fingerprint density at radius 2 is 1.67 bits per heavy atom. The van der Waals surface area contributed by atoms with Crippen LogP contribution < -0.4 is 15.6 Å². The second kappa shape index (κ2) is 8.86. The van der Waals surface area contributed by atoms with Gasteiger partial charge < -0.3 is 0 Å². The van der Waals surface area contributed by atoms with E-state index in [9.17, 15) is 26.4 Å². The number of nitrogens with one attached hydrogen (secondary N) is 3. The zero-order valence-electron chi connectivity index (χ0n) is 15.2. The normalized spacial score (nSPS) is 11.8. The first-order valence-corrected chi connectivity index (χ1v) is 10.9. The van der Waals surface area contributed by atoms with Crippen molar-refractivity contribution in [1.29, 1.82) is 0 Å². The lowest BCUT2D eigenvalue weighted by Crippen LogP contribution is -2.30. The van der Waals surface area contributed by atoms with Gasteiger partial charge in [-0.15, -0.1) is 11.3 Å². The number of rotatable bonds is 7. The second-order valence-corrected chi connectivity index (χ2v) is 8.85. The first-order chi connectivity index (χ1) is 14.2. The highest BCUT2D eigenvalue weighted by Crippen LogP contribution is 2.34. The number of hydrogen-bond acceptors (Lipinski definition) is 5. The van der Waals surface area contributed by atoms with E-state index in [-0.39, 0.29) is 22.7 Å². The molecule has 0 saturated heterocycles. The molecule has 0 bridgehead atoms. The number of benzene rings is 2. The van der Waals surface area contributed by atoms with E-state index in [0.29, 0.717) is 0 Å². The van der Waals surface area contributed by atoms with E-state index < -0.39 is 27.7 Å². The predicted molar refractivity (Wildman–Crippen MR) is 107 cm³/mol. The number of sulfonamides is 1. The number of anilines is 1. The minimum absolute atomic E-state index is 0.0361.